The average molecular weight is 251 g/mol. The molecule has 18 heavy (non-hydrogen) atoms. The van der Waals surface area contributed by atoms with Crippen molar-refractivity contribution in [3.63, 3.8) is 0 Å². The average Bonchev–Trinajstić information content (AvgIpc) is 2.27. The minimum Gasteiger partial charge on any atom is -0.444 e. The normalized spacial score (nSPS) is 10.9. The molecule has 0 aliphatic carbocycles. The molecule has 1 aromatic heterocycles. The maximum Gasteiger partial charge on any atom is 0.410 e. The van der Waals surface area contributed by atoms with Crippen molar-refractivity contribution < 1.29 is 9.53 Å². The summed E-state index contributed by atoms with van der Waals surface area (Å²) in [5.74, 6) is 0.771. The summed E-state index contributed by atoms with van der Waals surface area (Å²) in [7, 11) is 3.51. The molecular weight excluding hydrogens is 230 g/mol. The van der Waals surface area contributed by atoms with Crippen molar-refractivity contribution in [1.29, 1.82) is 0 Å². The van der Waals surface area contributed by atoms with Crippen molar-refractivity contribution in [2.75, 3.05) is 19.4 Å². The number of hydrogen-bond donors (Lipinski definition) is 1. The van der Waals surface area contributed by atoms with Crippen LogP contribution < -0.4 is 5.32 Å². The Labute approximate surface area is 108 Å². The van der Waals surface area contributed by atoms with Crippen LogP contribution >= 0.6 is 0 Å². The van der Waals surface area contributed by atoms with Crippen molar-refractivity contribution >= 4 is 11.9 Å². The molecule has 0 fully saturated rings. The quantitative estimate of drug-likeness (QED) is 0.896. The SMILES string of the molecule is CNc1ncccc1CN(C)C(=O)OC(C)(C)C. The third-order valence-electron chi connectivity index (χ3n) is 2.24. The zero-order valence-electron chi connectivity index (χ0n) is 11.7. The number of nitrogens with zero attached hydrogens (tertiary/aromatic N) is 2. The molecule has 1 N–H and O–H groups in total. The minimum absolute atomic E-state index is 0.339. The number of aromatic nitrogens is 1. The van der Waals surface area contributed by atoms with Gasteiger partial charge in [0.05, 0.1) is 6.54 Å². The Balaban J connectivity index is 2.69. The van der Waals surface area contributed by atoms with Gasteiger partial charge in [0, 0.05) is 25.9 Å². The summed E-state index contributed by atoms with van der Waals surface area (Å²) in [5.41, 5.74) is 0.472. The van der Waals surface area contributed by atoms with Crippen LogP contribution in [0.2, 0.25) is 0 Å². The molecular formula is C13H21N3O2. The molecule has 0 aliphatic rings. The summed E-state index contributed by atoms with van der Waals surface area (Å²) in [4.78, 5) is 17.6. The van der Waals surface area contributed by atoms with Gasteiger partial charge < -0.3 is 15.0 Å². The van der Waals surface area contributed by atoms with Crippen LogP contribution in [0.15, 0.2) is 18.3 Å². The molecule has 1 aromatic rings. The third-order valence-corrected chi connectivity index (χ3v) is 2.24. The zero-order chi connectivity index (χ0) is 13.8. The molecule has 0 saturated carbocycles. The van der Waals surface area contributed by atoms with Crippen LogP contribution in [0.3, 0.4) is 0 Å². The Bertz CT molecular complexity index is 413. The molecule has 0 spiro atoms. The highest BCUT2D eigenvalue weighted by Crippen LogP contribution is 2.15. The lowest BCUT2D eigenvalue weighted by Gasteiger charge is -2.25. The molecule has 5 nitrogen and oxygen atoms in total. The standard InChI is InChI=1S/C13H21N3O2/c1-13(2,3)18-12(17)16(5)9-10-7-6-8-15-11(10)14-4/h6-8H,9H2,1-5H3,(H,14,15). The number of pyridine rings is 1. The molecule has 1 amide bonds. The lowest BCUT2D eigenvalue weighted by atomic mass is 10.2. The monoisotopic (exact) mass is 251 g/mol. The highest BCUT2D eigenvalue weighted by molar-refractivity contribution is 5.68. The van der Waals surface area contributed by atoms with Gasteiger partial charge in [-0.15, -0.1) is 0 Å². The number of rotatable bonds is 3. The second-order valence-electron chi connectivity index (χ2n) is 5.10. The lowest BCUT2D eigenvalue weighted by molar-refractivity contribution is 0.0285. The van der Waals surface area contributed by atoms with Gasteiger partial charge in [0.25, 0.3) is 0 Å². The topological polar surface area (TPSA) is 54.5 Å². The van der Waals surface area contributed by atoms with Gasteiger partial charge in [-0.25, -0.2) is 9.78 Å². The van der Waals surface area contributed by atoms with E-state index in [9.17, 15) is 4.79 Å². The first-order valence-corrected chi connectivity index (χ1v) is 5.89. The maximum atomic E-state index is 11.8. The summed E-state index contributed by atoms with van der Waals surface area (Å²) in [6.45, 7) is 6.00. The van der Waals surface area contributed by atoms with E-state index in [1.807, 2.05) is 32.9 Å². The summed E-state index contributed by atoms with van der Waals surface area (Å²) in [5, 5.41) is 3.00. The second kappa shape index (κ2) is 5.71. The van der Waals surface area contributed by atoms with Gasteiger partial charge in [0.15, 0.2) is 0 Å². The number of anilines is 1. The zero-order valence-corrected chi connectivity index (χ0v) is 11.7. The van der Waals surface area contributed by atoms with Gasteiger partial charge in [-0.1, -0.05) is 6.07 Å². The first-order valence-electron chi connectivity index (χ1n) is 5.89. The van der Waals surface area contributed by atoms with E-state index in [-0.39, 0.29) is 6.09 Å². The Morgan fingerprint density at radius 3 is 2.72 bits per heavy atom. The molecule has 0 bridgehead atoms. The molecule has 0 aromatic carbocycles. The summed E-state index contributed by atoms with van der Waals surface area (Å²) >= 11 is 0. The second-order valence-corrected chi connectivity index (χ2v) is 5.10. The number of carbonyl (C=O) groups excluding carboxylic acids is 1. The van der Waals surface area contributed by atoms with E-state index in [0.29, 0.717) is 6.54 Å². The highest BCUT2D eigenvalue weighted by atomic mass is 16.6. The van der Waals surface area contributed by atoms with E-state index < -0.39 is 5.60 Å². The Hall–Kier alpha value is -1.78. The van der Waals surface area contributed by atoms with Crippen LogP contribution in [0.4, 0.5) is 10.6 Å². The van der Waals surface area contributed by atoms with E-state index in [1.165, 1.54) is 4.90 Å². The van der Waals surface area contributed by atoms with E-state index in [1.54, 1.807) is 20.3 Å². The largest absolute Gasteiger partial charge is 0.444 e. The van der Waals surface area contributed by atoms with Gasteiger partial charge in [-0.05, 0) is 26.8 Å². The maximum absolute atomic E-state index is 11.8. The molecule has 1 heterocycles. The van der Waals surface area contributed by atoms with Gasteiger partial charge in [0.1, 0.15) is 11.4 Å². The molecule has 1 rings (SSSR count). The van der Waals surface area contributed by atoms with Crippen molar-refractivity contribution in [2.45, 2.75) is 32.9 Å². The summed E-state index contributed by atoms with van der Waals surface area (Å²) in [6, 6.07) is 3.78. The summed E-state index contributed by atoms with van der Waals surface area (Å²) < 4.78 is 5.29. The first kappa shape index (κ1) is 14.3. The first-order chi connectivity index (χ1) is 8.33. The van der Waals surface area contributed by atoms with Crippen LogP contribution in [-0.2, 0) is 11.3 Å². The van der Waals surface area contributed by atoms with Crippen LogP contribution in [0.1, 0.15) is 26.3 Å². The lowest BCUT2D eigenvalue weighted by Crippen LogP contribution is -2.34. The van der Waals surface area contributed by atoms with E-state index in [2.05, 4.69) is 10.3 Å². The molecule has 5 heteroatoms. The summed E-state index contributed by atoms with van der Waals surface area (Å²) in [6.07, 6.45) is 1.37. The predicted molar refractivity (Wildman–Crippen MR) is 71.5 cm³/mol. The van der Waals surface area contributed by atoms with Gasteiger partial charge in [-0.3, -0.25) is 0 Å². The van der Waals surface area contributed by atoms with E-state index in [0.717, 1.165) is 11.4 Å². The molecule has 0 radical (unpaired) electrons. The molecule has 0 unspecified atom stereocenters. The minimum atomic E-state index is -0.480. The van der Waals surface area contributed by atoms with E-state index in [4.69, 9.17) is 4.74 Å². The predicted octanol–water partition coefficient (Wildman–Crippen LogP) is 2.49. The van der Waals surface area contributed by atoms with Crippen LogP contribution in [0.25, 0.3) is 0 Å². The number of hydrogen-bond acceptors (Lipinski definition) is 4. The third kappa shape index (κ3) is 4.24. The van der Waals surface area contributed by atoms with Crippen molar-refractivity contribution in [1.82, 2.24) is 9.88 Å². The smallest absolute Gasteiger partial charge is 0.410 e. The number of nitrogens with one attached hydrogen (secondary N) is 1. The molecule has 0 atom stereocenters. The van der Waals surface area contributed by atoms with Crippen molar-refractivity contribution in [3.05, 3.63) is 23.9 Å². The van der Waals surface area contributed by atoms with Crippen LogP contribution in [0, 0.1) is 0 Å². The fourth-order valence-electron chi connectivity index (χ4n) is 1.45. The van der Waals surface area contributed by atoms with Gasteiger partial charge in [-0.2, -0.15) is 0 Å². The van der Waals surface area contributed by atoms with E-state index >= 15 is 0 Å². The number of ether oxygens (including phenoxy) is 1. The van der Waals surface area contributed by atoms with Crippen molar-refractivity contribution in [2.24, 2.45) is 0 Å². The fourth-order valence-corrected chi connectivity index (χ4v) is 1.45. The Morgan fingerprint density at radius 1 is 1.50 bits per heavy atom. The molecule has 0 saturated heterocycles. The Kier molecular flexibility index (Phi) is 4.53. The van der Waals surface area contributed by atoms with Crippen molar-refractivity contribution in [3.8, 4) is 0 Å². The highest BCUT2D eigenvalue weighted by Gasteiger charge is 2.20. The van der Waals surface area contributed by atoms with Gasteiger partial charge >= 0.3 is 6.09 Å². The molecule has 100 valence electrons. The number of carbonyl (C=O) groups is 1. The van der Waals surface area contributed by atoms with Crippen LogP contribution in [-0.4, -0.2) is 35.7 Å². The van der Waals surface area contributed by atoms with Gasteiger partial charge in [0.2, 0.25) is 0 Å². The fraction of sp³-hybridized carbons (Fsp3) is 0.538. The molecule has 0 aliphatic heterocycles. The Morgan fingerprint density at radius 2 is 2.17 bits per heavy atom. The van der Waals surface area contributed by atoms with Crippen LogP contribution in [0.5, 0.6) is 0 Å². The number of amides is 1.